The first-order valence-electron chi connectivity index (χ1n) is 7.17. The Balaban J connectivity index is 1.74. The molecule has 0 spiro atoms. The molecule has 0 radical (unpaired) electrons. The highest BCUT2D eigenvalue weighted by Crippen LogP contribution is 2.43. The lowest BCUT2D eigenvalue weighted by atomic mass is 9.66. The van der Waals surface area contributed by atoms with Gasteiger partial charge < -0.3 is 15.2 Å². The minimum Gasteiger partial charge on any atom is -0.484 e. The minimum atomic E-state index is -0.806. The second-order valence-corrected chi connectivity index (χ2v) is 5.80. The van der Waals surface area contributed by atoms with E-state index < -0.39 is 5.97 Å². The number of amides is 1. The molecule has 0 aliphatic heterocycles. The van der Waals surface area contributed by atoms with E-state index in [0.717, 1.165) is 24.8 Å². The molecule has 21 heavy (non-hydrogen) atoms. The number of carboxylic acids is 1. The summed E-state index contributed by atoms with van der Waals surface area (Å²) in [5, 5.41) is 11.7. The van der Waals surface area contributed by atoms with Crippen LogP contribution in [0.15, 0.2) is 24.3 Å². The normalized spacial score (nSPS) is 15.9. The van der Waals surface area contributed by atoms with Crippen molar-refractivity contribution in [2.24, 2.45) is 5.41 Å². The molecule has 0 unspecified atom stereocenters. The van der Waals surface area contributed by atoms with Crippen LogP contribution in [-0.2, 0) is 9.59 Å². The molecule has 1 aromatic carbocycles. The van der Waals surface area contributed by atoms with Gasteiger partial charge in [0.2, 0.25) is 0 Å². The van der Waals surface area contributed by atoms with Gasteiger partial charge in [0.05, 0.1) is 6.42 Å². The van der Waals surface area contributed by atoms with Crippen molar-refractivity contribution in [1.82, 2.24) is 5.32 Å². The van der Waals surface area contributed by atoms with E-state index >= 15 is 0 Å². The summed E-state index contributed by atoms with van der Waals surface area (Å²) in [6.07, 6.45) is 2.87. The molecule has 2 rings (SSSR count). The number of carboxylic acid groups (broad SMARTS) is 1. The molecule has 1 aliphatic carbocycles. The molecule has 1 saturated carbocycles. The smallest absolute Gasteiger partial charge is 0.303 e. The van der Waals surface area contributed by atoms with Crippen LogP contribution in [0, 0.1) is 12.3 Å². The van der Waals surface area contributed by atoms with E-state index in [1.54, 1.807) is 0 Å². The van der Waals surface area contributed by atoms with Gasteiger partial charge in [-0.15, -0.1) is 0 Å². The molecular weight excluding hydrogens is 270 g/mol. The maximum absolute atomic E-state index is 11.8. The molecule has 0 saturated heterocycles. The van der Waals surface area contributed by atoms with Gasteiger partial charge in [0.1, 0.15) is 5.75 Å². The van der Waals surface area contributed by atoms with E-state index in [4.69, 9.17) is 9.84 Å². The summed E-state index contributed by atoms with van der Waals surface area (Å²) >= 11 is 0. The molecular formula is C16H21NO4. The number of benzene rings is 1. The molecule has 1 amide bonds. The highest BCUT2D eigenvalue weighted by atomic mass is 16.5. The summed E-state index contributed by atoms with van der Waals surface area (Å²) in [6.45, 7) is 2.35. The summed E-state index contributed by atoms with van der Waals surface area (Å²) in [6, 6.07) is 7.48. The van der Waals surface area contributed by atoms with Crippen molar-refractivity contribution in [3.63, 3.8) is 0 Å². The van der Waals surface area contributed by atoms with Crippen LogP contribution in [0.3, 0.4) is 0 Å². The largest absolute Gasteiger partial charge is 0.484 e. The summed E-state index contributed by atoms with van der Waals surface area (Å²) in [5.41, 5.74) is 0.873. The maximum atomic E-state index is 11.8. The molecule has 1 aromatic rings. The zero-order valence-corrected chi connectivity index (χ0v) is 12.2. The van der Waals surface area contributed by atoms with E-state index in [-0.39, 0.29) is 24.3 Å². The fourth-order valence-electron chi connectivity index (χ4n) is 2.53. The summed E-state index contributed by atoms with van der Waals surface area (Å²) in [4.78, 5) is 22.6. The van der Waals surface area contributed by atoms with Gasteiger partial charge in [-0.2, -0.15) is 0 Å². The molecule has 5 heteroatoms. The Kier molecular flexibility index (Phi) is 4.83. The van der Waals surface area contributed by atoms with Crippen molar-refractivity contribution in [3.8, 4) is 5.75 Å². The lowest BCUT2D eigenvalue weighted by molar-refractivity contribution is -0.142. The molecule has 1 aliphatic rings. The molecule has 0 heterocycles. The van der Waals surface area contributed by atoms with Gasteiger partial charge in [0.25, 0.3) is 5.91 Å². The van der Waals surface area contributed by atoms with Crippen molar-refractivity contribution in [2.75, 3.05) is 13.2 Å². The van der Waals surface area contributed by atoms with Gasteiger partial charge in [-0.25, -0.2) is 0 Å². The Morgan fingerprint density at radius 1 is 1.29 bits per heavy atom. The topological polar surface area (TPSA) is 75.6 Å². The number of carbonyl (C=O) groups is 2. The van der Waals surface area contributed by atoms with Crippen LogP contribution in [0.25, 0.3) is 0 Å². The third-order valence-corrected chi connectivity index (χ3v) is 3.99. The van der Waals surface area contributed by atoms with Gasteiger partial charge in [-0.3, -0.25) is 9.59 Å². The number of hydrogen-bond acceptors (Lipinski definition) is 3. The molecule has 0 bridgehead atoms. The Labute approximate surface area is 124 Å². The van der Waals surface area contributed by atoms with Crippen molar-refractivity contribution in [1.29, 1.82) is 0 Å². The number of ether oxygens (including phenoxy) is 1. The van der Waals surface area contributed by atoms with E-state index in [2.05, 4.69) is 5.32 Å². The van der Waals surface area contributed by atoms with Crippen molar-refractivity contribution in [2.45, 2.75) is 32.6 Å². The predicted octanol–water partition coefficient (Wildman–Crippen LogP) is 2.14. The molecule has 5 nitrogen and oxygen atoms in total. The van der Waals surface area contributed by atoms with Gasteiger partial charge >= 0.3 is 5.97 Å². The minimum absolute atomic E-state index is 0.0494. The summed E-state index contributed by atoms with van der Waals surface area (Å²) in [5.74, 6) is -0.369. The van der Waals surface area contributed by atoms with Gasteiger partial charge in [-0.05, 0) is 37.3 Å². The summed E-state index contributed by atoms with van der Waals surface area (Å²) < 4.78 is 5.39. The average molecular weight is 291 g/mol. The van der Waals surface area contributed by atoms with Crippen molar-refractivity contribution in [3.05, 3.63) is 29.8 Å². The quantitative estimate of drug-likeness (QED) is 0.807. The molecule has 0 aromatic heterocycles. The van der Waals surface area contributed by atoms with Crippen LogP contribution in [0.1, 0.15) is 31.2 Å². The number of aryl methyl sites for hydroxylation is 1. The number of nitrogens with one attached hydrogen (secondary N) is 1. The highest BCUT2D eigenvalue weighted by molar-refractivity contribution is 5.77. The number of rotatable bonds is 7. The fourth-order valence-corrected chi connectivity index (χ4v) is 2.53. The Morgan fingerprint density at radius 3 is 2.48 bits per heavy atom. The van der Waals surface area contributed by atoms with E-state index in [9.17, 15) is 9.59 Å². The van der Waals surface area contributed by atoms with Crippen LogP contribution < -0.4 is 10.1 Å². The second-order valence-electron chi connectivity index (χ2n) is 5.80. The van der Waals surface area contributed by atoms with Crippen molar-refractivity contribution < 1.29 is 19.4 Å². The van der Waals surface area contributed by atoms with E-state index in [0.29, 0.717) is 12.3 Å². The predicted molar refractivity (Wildman–Crippen MR) is 78.2 cm³/mol. The number of aliphatic carboxylic acids is 1. The van der Waals surface area contributed by atoms with E-state index in [1.165, 1.54) is 0 Å². The monoisotopic (exact) mass is 291 g/mol. The molecule has 114 valence electrons. The Bertz CT molecular complexity index is 506. The lowest BCUT2D eigenvalue weighted by Gasteiger charge is -2.40. The fraction of sp³-hybridized carbons (Fsp3) is 0.500. The molecule has 1 fully saturated rings. The zero-order valence-electron chi connectivity index (χ0n) is 12.2. The zero-order chi connectivity index (χ0) is 15.3. The maximum Gasteiger partial charge on any atom is 0.303 e. The van der Waals surface area contributed by atoms with Gasteiger partial charge in [0, 0.05) is 6.54 Å². The molecule has 0 atom stereocenters. The van der Waals surface area contributed by atoms with E-state index in [1.807, 2.05) is 31.2 Å². The first-order chi connectivity index (χ1) is 9.99. The highest BCUT2D eigenvalue weighted by Gasteiger charge is 2.39. The van der Waals surface area contributed by atoms with Crippen LogP contribution in [0.5, 0.6) is 5.75 Å². The number of carbonyl (C=O) groups excluding carboxylic acids is 1. The van der Waals surface area contributed by atoms with Gasteiger partial charge in [-0.1, -0.05) is 24.1 Å². The van der Waals surface area contributed by atoms with Crippen molar-refractivity contribution >= 4 is 11.9 Å². The SMILES string of the molecule is Cc1ccc(OCC(=O)NCC2(CC(=O)O)CCC2)cc1. The standard InChI is InChI=1S/C16H21NO4/c1-12-3-5-13(6-4-12)21-10-14(18)17-11-16(7-2-8-16)9-15(19)20/h3-6H,2,7-11H2,1H3,(H,17,18)(H,19,20). The van der Waals surface area contributed by atoms with Gasteiger partial charge in [0.15, 0.2) is 6.61 Å². The third-order valence-electron chi connectivity index (χ3n) is 3.99. The Morgan fingerprint density at radius 2 is 1.95 bits per heavy atom. The average Bonchev–Trinajstić information content (AvgIpc) is 2.40. The third kappa shape index (κ3) is 4.48. The molecule has 2 N–H and O–H groups in total. The first-order valence-corrected chi connectivity index (χ1v) is 7.17. The summed E-state index contributed by atoms with van der Waals surface area (Å²) in [7, 11) is 0. The second kappa shape index (κ2) is 6.61. The first kappa shape index (κ1) is 15.4. The van der Waals surface area contributed by atoms with Crippen LogP contribution >= 0.6 is 0 Å². The Hall–Kier alpha value is -2.04. The van der Waals surface area contributed by atoms with Crippen LogP contribution in [0.2, 0.25) is 0 Å². The number of hydrogen-bond donors (Lipinski definition) is 2. The van der Waals surface area contributed by atoms with Crippen LogP contribution in [0.4, 0.5) is 0 Å². The lowest BCUT2D eigenvalue weighted by Crippen LogP contribution is -2.44. The van der Waals surface area contributed by atoms with Crippen LogP contribution in [-0.4, -0.2) is 30.1 Å².